The van der Waals surface area contributed by atoms with Crippen molar-refractivity contribution < 1.29 is 28.3 Å². The molecule has 1 fully saturated rings. The van der Waals surface area contributed by atoms with Crippen LogP contribution in [0, 0.1) is 11.3 Å². The maximum atomic E-state index is 14.4. The van der Waals surface area contributed by atoms with Crippen LogP contribution in [0.3, 0.4) is 0 Å². The van der Waals surface area contributed by atoms with Crippen molar-refractivity contribution in [1.29, 1.82) is 0 Å². The number of benzene rings is 2. The number of imidazole rings is 1. The van der Waals surface area contributed by atoms with Gasteiger partial charge in [0.2, 0.25) is 15.9 Å². The largest absolute Gasteiger partial charge is 0.411 e. The molecule has 1 saturated heterocycles. The van der Waals surface area contributed by atoms with Gasteiger partial charge in [-0.2, -0.15) is 4.31 Å². The zero-order valence-corrected chi connectivity index (χ0v) is 31.9. The highest BCUT2D eigenvalue weighted by molar-refractivity contribution is 7.89. The number of nitrogens with zero attached hydrogens (tertiary/aromatic N) is 7. The average Bonchev–Trinajstić information content (AvgIpc) is 3.62. The summed E-state index contributed by atoms with van der Waals surface area (Å²) in [5, 5.41) is 26.8. The fourth-order valence-corrected chi connectivity index (χ4v) is 8.36. The van der Waals surface area contributed by atoms with E-state index in [2.05, 4.69) is 20.4 Å². The number of carbonyl (C=O) groups excluding carboxylic acids is 2. The molecule has 3 N–H and O–H groups in total. The van der Waals surface area contributed by atoms with Gasteiger partial charge in [0, 0.05) is 39.4 Å². The maximum Gasteiger partial charge on any atom is 0.321 e. The van der Waals surface area contributed by atoms with Crippen molar-refractivity contribution in [2.75, 3.05) is 26.2 Å². The molecule has 3 atom stereocenters. The summed E-state index contributed by atoms with van der Waals surface area (Å²) in [5.74, 6) is 0.154. The number of amides is 3. The number of sulfonamides is 1. The summed E-state index contributed by atoms with van der Waals surface area (Å²) >= 11 is 0. The highest BCUT2D eigenvalue weighted by atomic mass is 32.2. The van der Waals surface area contributed by atoms with Crippen molar-refractivity contribution >= 4 is 39.3 Å². The van der Waals surface area contributed by atoms with E-state index in [0.29, 0.717) is 30.1 Å². The molecule has 0 radical (unpaired) electrons. The summed E-state index contributed by atoms with van der Waals surface area (Å²) in [6.07, 6.45) is 1.80. The number of fused-ring (bicyclic) bond motifs is 1. The second kappa shape index (κ2) is 16.4. The molecular weight excluding hydrogens is 697 g/mol. The van der Waals surface area contributed by atoms with Crippen LogP contribution in [0.25, 0.3) is 11.2 Å². The number of urea groups is 1. The van der Waals surface area contributed by atoms with E-state index in [1.165, 1.54) is 34.8 Å². The molecule has 15 heteroatoms. The summed E-state index contributed by atoms with van der Waals surface area (Å²) in [4.78, 5) is 40.7. The number of carbonyl (C=O) groups is 2. The lowest BCUT2D eigenvalue weighted by Gasteiger charge is -2.38. The zero-order valence-electron chi connectivity index (χ0n) is 31.1. The standard InChI is InChI=1S/C38H50N8O6S/c1-26(2)23-45(53(51,52)29-16-14-28(15-17-29)22-40-50)24-32(47)31(21-27-11-8-7-9-12-27)42-36(48)34(38(3,4)5)46-20-19-44(37(46)49)25-33-41-30-13-10-18-39-35(30)43(33)6/h7-18,22,26,31-32,34,47,50H,19-21,23-25H2,1-6H3,(H,42,48)/t31-,32+,34+/m0/s1. The topological polar surface area (TPSA) is 174 Å². The van der Waals surface area contributed by atoms with Gasteiger partial charge in [-0.15, -0.1) is 0 Å². The third-order valence-corrected chi connectivity index (χ3v) is 11.2. The van der Waals surface area contributed by atoms with Crippen molar-refractivity contribution in [2.24, 2.45) is 23.5 Å². The van der Waals surface area contributed by atoms with Gasteiger partial charge in [-0.25, -0.2) is 23.2 Å². The van der Waals surface area contributed by atoms with Gasteiger partial charge in [0.25, 0.3) is 0 Å². The van der Waals surface area contributed by atoms with Crippen LogP contribution in [0.15, 0.2) is 83.0 Å². The summed E-state index contributed by atoms with van der Waals surface area (Å²) in [7, 11) is -2.22. The van der Waals surface area contributed by atoms with Gasteiger partial charge in [-0.1, -0.05) is 82.2 Å². The van der Waals surface area contributed by atoms with Crippen molar-refractivity contribution in [2.45, 2.75) is 70.7 Å². The van der Waals surface area contributed by atoms with Crippen LogP contribution < -0.4 is 5.32 Å². The first-order chi connectivity index (χ1) is 25.1. The molecule has 0 saturated carbocycles. The van der Waals surface area contributed by atoms with Crippen LogP contribution in [-0.4, -0.2) is 110 Å². The van der Waals surface area contributed by atoms with Crippen LogP contribution >= 0.6 is 0 Å². The van der Waals surface area contributed by atoms with Crippen LogP contribution in [0.2, 0.25) is 0 Å². The zero-order chi connectivity index (χ0) is 38.5. The van der Waals surface area contributed by atoms with Gasteiger partial charge >= 0.3 is 6.03 Å². The Labute approximate surface area is 311 Å². The number of aryl methyl sites for hydroxylation is 1. The Hall–Kier alpha value is -4.86. The number of pyridine rings is 1. The number of aliphatic hydroxyl groups is 1. The number of aromatic nitrogens is 3. The summed E-state index contributed by atoms with van der Waals surface area (Å²) in [5.41, 5.74) is 2.10. The lowest BCUT2D eigenvalue weighted by atomic mass is 9.84. The smallest absolute Gasteiger partial charge is 0.321 e. The van der Waals surface area contributed by atoms with Crippen molar-refractivity contribution in [3.63, 3.8) is 0 Å². The number of aliphatic hydroxyl groups excluding tert-OH is 1. The Kier molecular flexibility index (Phi) is 12.2. The average molecular weight is 747 g/mol. The van der Waals surface area contributed by atoms with Crippen molar-refractivity contribution in [3.8, 4) is 0 Å². The summed E-state index contributed by atoms with van der Waals surface area (Å²) in [6.45, 7) is 10.2. The monoisotopic (exact) mass is 746 g/mol. The Bertz CT molecular complexity index is 2010. The van der Waals surface area contributed by atoms with Crippen LogP contribution in [-0.2, 0) is 34.8 Å². The molecule has 0 aliphatic carbocycles. The van der Waals surface area contributed by atoms with Crippen LogP contribution in [0.4, 0.5) is 4.79 Å². The molecule has 0 bridgehead atoms. The van der Waals surface area contributed by atoms with Crippen LogP contribution in [0.1, 0.15) is 51.6 Å². The van der Waals surface area contributed by atoms with Gasteiger partial charge in [-0.05, 0) is 53.1 Å². The van der Waals surface area contributed by atoms with E-state index in [1.54, 1.807) is 16.0 Å². The number of hydrogen-bond donors (Lipinski definition) is 3. The minimum absolute atomic E-state index is 0.0175. The van der Waals surface area contributed by atoms with E-state index in [1.807, 2.05) is 88.7 Å². The predicted molar refractivity (Wildman–Crippen MR) is 202 cm³/mol. The lowest BCUT2D eigenvalue weighted by molar-refractivity contribution is -0.130. The molecule has 53 heavy (non-hydrogen) atoms. The number of oxime groups is 1. The van der Waals surface area contributed by atoms with Gasteiger partial charge in [0.15, 0.2) is 5.65 Å². The number of nitrogens with one attached hydrogen (secondary N) is 1. The molecule has 2 aromatic heterocycles. The Morgan fingerprint density at radius 3 is 2.36 bits per heavy atom. The second-order valence-electron chi connectivity index (χ2n) is 15.0. The SMILES string of the molecule is CC(C)CN(C[C@@H](O)[C@H](Cc1ccccc1)NC(=O)[C@@H](N1CCN(Cc2nc3cccnc3n2C)C1=O)C(C)(C)C)S(=O)(=O)c1ccc(C=NO)cc1. The quantitative estimate of drug-likeness (QED) is 0.0935. The van der Waals surface area contributed by atoms with Gasteiger partial charge in [-0.3, -0.25) is 4.79 Å². The predicted octanol–water partition coefficient (Wildman–Crippen LogP) is 3.86. The van der Waals surface area contributed by atoms with E-state index in [0.717, 1.165) is 11.1 Å². The van der Waals surface area contributed by atoms with E-state index in [-0.39, 0.29) is 42.9 Å². The summed E-state index contributed by atoms with van der Waals surface area (Å²) < 4.78 is 31.0. The number of hydrogen-bond acceptors (Lipinski definition) is 9. The third kappa shape index (κ3) is 9.21. The minimum atomic E-state index is -4.08. The first-order valence-electron chi connectivity index (χ1n) is 17.7. The third-order valence-electron chi connectivity index (χ3n) is 9.33. The molecular formula is C38H50N8O6S. The van der Waals surface area contributed by atoms with Crippen LogP contribution in [0.5, 0.6) is 0 Å². The molecule has 1 aliphatic rings. The van der Waals surface area contributed by atoms with Crippen molar-refractivity contribution in [1.82, 2.24) is 34.0 Å². The first kappa shape index (κ1) is 39.3. The normalized spacial score (nSPS) is 15.9. The van der Waals surface area contributed by atoms with Crippen molar-refractivity contribution in [3.05, 3.63) is 89.9 Å². The Morgan fingerprint density at radius 2 is 1.74 bits per heavy atom. The van der Waals surface area contributed by atoms with Gasteiger partial charge < -0.3 is 30.0 Å². The van der Waals surface area contributed by atoms with E-state index in [9.17, 15) is 23.1 Å². The molecule has 284 valence electrons. The molecule has 14 nitrogen and oxygen atoms in total. The molecule has 1 aliphatic heterocycles. The fraction of sp³-hybridized carbons (Fsp3) is 0.447. The Morgan fingerprint density at radius 1 is 1.04 bits per heavy atom. The van der Waals surface area contributed by atoms with E-state index >= 15 is 0 Å². The number of rotatable bonds is 15. The second-order valence-corrected chi connectivity index (χ2v) is 16.9. The molecule has 0 unspecified atom stereocenters. The molecule has 4 aromatic rings. The maximum absolute atomic E-state index is 14.4. The van der Waals surface area contributed by atoms with E-state index in [4.69, 9.17) is 5.21 Å². The first-order valence-corrected chi connectivity index (χ1v) is 19.2. The fourth-order valence-electron chi connectivity index (χ4n) is 6.74. The lowest BCUT2D eigenvalue weighted by Crippen LogP contribution is -2.59. The van der Waals surface area contributed by atoms with E-state index < -0.39 is 39.5 Å². The molecule has 5 rings (SSSR count). The highest BCUT2D eigenvalue weighted by Crippen LogP contribution is 2.29. The summed E-state index contributed by atoms with van der Waals surface area (Å²) in [6, 6.07) is 16.8. The Balaban J connectivity index is 1.39. The molecule has 3 amide bonds. The molecule has 3 heterocycles. The van der Waals surface area contributed by atoms with Gasteiger partial charge in [0.05, 0.1) is 29.8 Å². The minimum Gasteiger partial charge on any atom is -0.411 e. The molecule has 0 spiro atoms. The highest BCUT2D eigenvalue weighted by Gasteiger charge is 2.44. The van der Waals surface area contributed by atoms with Gasteiger partial charge in [0.1, 0.15) is 17.4 Å². The molecule has 2 aromatic carbocycles.